The lowest BCUT2D eigenvalue weighted by Gasteiger charge is -2.19. The van der Waals surface area contributed by atoms with Crippen molar-refractivity contribution < 1.29 is 9.53 Å². The highest BCUT2D eigenvalue weighted by Gasteiger charge is 2.26. The minimum Gasteiger partial charge on any atom is -0.468 e. The van der Waals surface area contributed by atoms with Crippen LogP contribution in [0.25, 0.3) is 22.2 Å². The Morgan fingerprint density at radius 3 is 2.29 bits per heavy atom. The molecule has 0 saturated heterocycles. The summed E-state index contributed by atoms with van der Waals surface area (Å²) in [5, 5.41) is 1.44. The zero-order chi connectivity index (χ0) is 19.5. The molecule has 0 aliphatic carbocycles. The molecule has 1 aromatic heterocycles. The van der Waals surface area contributed by atoms with Crippen LogP contribution in [0.15, 0.2) is 84.9 Å². The van der Waals surface area contributed by atoms with Gasteiger partial charge in [-0.1, -0.05) is 72.3 Å². The molecule has 4 heteroatoms. The lowest BCUT2D eigenvalue weighted by molar-refractivity contribution is -0.141. The van der Waals surface area contributed by atoms with Gasteiger partial charge in [-0.15, -0.1) is 0 Å². The smallest absolute Gasteiger partial charge is 0.317 e. The van der Waals surface area contributed by atoms with Crippen molar-refractivity contribution in [3.8, 4) is 11.3 Å². The molecule has 1 heterocycles. The standard InChI is InChI=1S/C24H18ClNO2/c1-28-24(27)23(17-10-6-3-7-11-17)20-15-22(16-8-4-2-5-9-16)26-21-13-12-18(25)14-19(20)21/h2-15,23H,1H3. The van der Waals surface area contributed by atoms with Crippen LogP contribution in [0.5, 0.6) is 0 Å². The molecule has 0 spiro atoms. The lowest BCUT2D eigenvalue weighted by atomic mass is 9.88. The topological polar surface area (TPSA) is 39.2 Å². The van der Waals surface area contributed by atoms with Crippen molar-refractivity contribution in [1.82, 2.24) is 4.98 Å². The first-order valence-corrected chi connectivity index (χ1v) is 9.33. The van der Waals surface area contributed by atoms with Gasteiger partial charge in [0.05, 0.1) is 18.3 Å². The monoisotopic (exact) mass is 387 g/mol. The number of rotatable bonds is 4. The summed E-state index contributed by atoms with van der Waals surface area (Å²) < 4.78 is 5.15. The molecule has 0 amide bonds. The highest BCUT2D eigenvalue weighted by Crippen LogP contribution is 2.35. The van der Waals surface area contributed by atoms with Crippen molar-refractivity contribution >= 4 is 28.5 Å². The maximum atomic E-state index is 12.8. The van der Waals surface area contributed by atoms with Gasteiger partial charge >= 0.3 is 5.97 Å². The minimum absolute atomic E-state index is 0.322. The van der Waals surface area contributed by atoms with E-state index >= 15 is 0 Å². The normalized spacial score (nSPS) is 11.9. The Balaban J connectivity index is 2.02. The molecule has 28 heavy (non-hydrogen) atoms. The summed E-state index contributed by atoms with van der Waals surface area (Å²) in [6.07, 6.45) is 0. The van der Waals surface area contributed by atoms with E-state index < -0.39 is 5.92 Å². The molecule has 0 N–H and O–H groups in total. The first-order chi connectivity index (χ1) is 13.7. The average Bonchev–Trinajstić information content (AvgIpc) is 2.75. The molecular weight excluding hydrogens is 370 g/mol. The van der Waals surface area contributed by atoms with Crippen molar-refractivity contribution in [2.45, 2.75) is 5.92 Å². The van der Waals surface area contributed by atoms with E-state index in [1.54, 1.807) is 0 Å². The molecule has 0 radical (unpaired) electrons. The zero-order valence-electron chi connectivity index (χ0n) is 15.3. The number of benzene rings is 3. The van der Waals surface area contributed by atoms with Gasteiger partial charge in [-0.3, -0.25) is 4.79 Å². The first-order valence-electron chi connectivity index (χ1n) is 8.96. The summed E-state index contributed by atoms with van der Waals surface area (Å²) >= 11 is 6.27. The summed E-state index contributed by atoms with van der Waals surface area (Å²) in [6.45, 7) is 0. The van der Waals surface area contributed by atoms with E-state index in [2.05, 4.69) is 0 Å². The zero-order valence-corrected chi connectivity index (χ0v) is 16.1. The first kappa shape index (κ1) is 18.2. The Labute approximate surface area is 168 Å². The fourth-order valence-electron chi connectivity index (χ4n) is 3.43. The van der Waals surface area contributed by atoms with Gasteiger partial charge in [-0.2, -0.15) is 0 Å². The molecule has 3 nitrogen and oxygen atoms in total. The summed E-state index contributed by atoms with van der Waals surface area (Å²) in [5.74, 6) is -0.893. The summed E-state index contributed by atoms with van der Waals surface area (Å²) in [5.41, 5.74) is 4.25. The third-order valence-electron chi connectivity index (χ3n) is 4.75. The summed E-state index contributed by atoms with van der Waals surface area (Å²) in [7, 11) is 1.41. The van der Waals surface area contributed by atoms with E-state index in [0.29, 0.717) is 5.02 Å². The second kappa shape index (κ2) is 7.83. The highest BCUT2D eigenvalue weighted by atomic mass is 35.5. The number of halogens is 1. The van der Waals surface area contributed by atoms with Gasteiger partial charge in [0, 0.05) is 16.0 Å². The molecule has 0 saturated carbocycles. The van der Waals surface area contributed by atoms with Gasteiger partial charge in [0.2, 0.25) is 0 Å². The van der Waals surface area contributed by atoms with Crippen molar-refractivity contribution in [1.29, 1.82) is 0 Å². The van der Waals surface area contributed by atoms with E-state index in [1.807, 2.05) is 84.9 Å². The van der Waals surface area contributed by atoms with Crippen LogP contribution in [-0.2, 0) is 9.53 Å². The molecule has 138 valence electrons. The van der Waals surface area contributed by atoms with E-state index in [4.69, 9.17) is 21.3 Å². The fraction of sp³-hybridized carbons (Fsp3) is 0.0833. The van der Waals surface area contributed by atoms with E-state index in [-0.39, 0.29) is 5.97 Å². The van der Waals surface area contributed by atoms with Crippen LogP contribution in [0.4, 0.5) is 0 Å². The Morgan fingerprint density at radius 1 is 0.929 bits per heavy atom. The summed E-state index contributed by atoms with van der Waals surface area (Å²) in [6, 6.07) is 27.0. The van der Waals surface area contributed by atoms with Gasteiger partial charge in [0.15, 0.2) is 0 Å². The predicted molar refractivity (Wildman–Crippen MR) is 112 cm³/mol. The molecule has 1 atom stereocenters. The summed E-state index contributed by atoms with van der Waals surface area (Å²) in [4.78, 5) is 17.6. The second-order valence-corrected chi connectivity index (χ2v) is 6.93. The van der Waals surface area contributed by atoms with Crippen LogP contribution in [0.1, 0.15) is 17.0 Å². The second-order valence-electron chi connectivity index (χ2n) is 6.49. The highest BCUT2D eigenvalue weighted by molar-refractivity contribution is 6.31. The average molecular weight is 388 g/mol. The molecule has 3 aromatic carbocycles. The third kappa shape index (κ3) is 3.49. The van der Waals surface area contributed by atoms with Crippen LogP contribution < -0.4 is 0 Å². The van der Waals surface area contributed by atoms with Crippen LogP contribution in [0.3, 0.4) is 0 Å². The molecule has 0 bridgehead atoms. The quantitative estimate of drug-likeness (QED) is 0.412. The van der Waals surface area contributed by atoms with Gasteiger partial charge in [-0.05, 0) is 35.4 Å². The Kier molecular flexibility index (Phi) is 5.09. The molecule has 4 rings (SSSR count). The predicted octanol–water partition coefficient (Wildman–Crippen LogP) is 5.86. The number of methoxy groups -OCH3 is 1. The number of nitrogens with zero attached hydrogens (tertiary/aromatic N) is 1. The molecule has 0 fully saturated rings. The number of ether oxygens (including phenoxy) is 1. The number of fused-ring (bicyclic) bond motifs is 1. The molecule has 0 aliphatic rings. The molecule has 4 aromatic rings. The van der Waals surface area contributed by atoms with Gasteiger partial charge in [-0.25, -0.2) is 4.98 Å². The number of carbonyl (C=O) groups is 1. The van der Waals surface area contributed by atoms with E-state index in [0.717, 1.165) is 33.3 Å². The van der Waals surface area contributed by atoms with Crippen LogP contribution in [-0.4, -0.2) is 18.1 Å². The molecular formula is C24H18ClNO2. The number of esters is 1. The van der Waals surface area contributed by atoms with E-state index in [9.17, 15) is 4.79 Å². The number of carbonyl (C=O) groups excluding carboxylic acids is 1. The van der Waals surface area contributed by atoms with Crippen molar-refractivity contribution in [3.63, 3.8) is 0 Å². The van der Waals surface area contributed by atoms with Crippen LogP contribution >= 0.6 is 11.6 Å². The van der Waals surface area contributed by atoms with Crippen LogP contribution in [0, 0.1) is 0 Å². The maximum absolute atomic E-state index is 12.8. The Bertz CT molecular complexity index is 1130. The maximum Gasteiger partial charge on any atom is 0.317 e. The van der Waals surface area contributed by atoms with Crippen molar-refractivity contribution in [2.75, 3.05) is 7.11 Å². The van der Waals surface area contributed by atoms with E-state index in [1.165, 1.54) is 7.11 Å². The number of hydrogen-bond acceptors (Lipinski definition) is 3. The molecule has 0 aliphatic heterocycles. The molecule has 1 unspecified atom stereocenters. The Hall–Kier alpha value is -3.17. The van der Waals surface area contributed by atoms with Crippen LogP contribution in [0.2, 0.25) is 5.02 Å². The van der Waals surface area contributed by atoms with Gasteiger partial charge < -0.3 is 4.74 Å². The minimum atomic E-state index is -0.572. The number of pyridine rings is 1. The number of aromatic nitrogens is 1. The van der Waals surface area contributed by atoms with Gasteiger partial charge in [0.25, 0.3) is 0 Å². The largest absolute Gasteiger partial charge is 0.468 e. The number of hydrogen-bond donors (Lipinski definition) is 0. The van der Waals surface area contributed by atoms with Crippen molar-refractivity contribution in [3.05, 3.63) is 101 Å². The lowest BCUT2D eigenvalue weighted by Crippen LogP contribution is -2.16. The van der Waals surface area contributed by atoms with Crippen molar-refractivity contribution in [2.24, 2.45) is 0 Å². The SMILES string of the molecule is COC(=O)C(c1ccccc1)c1cc(-c2ccccc2)nc2ccc(Cl)cc12. The van der Waals surface area contributed by atoms with Gasteiger partial charge in [0.1, 0.15) is 5.92 Å². The Morgan fingerprint density at radius 2 is 1.61 bits per heavy atom. The fourth-order valence-corrected chi connectivity index (χ4v) is 3.60. The third-order valence-corrected chi connectivity index (χ3v) is 4.99.